The van der Waals surface area contributed by atoms with Gasteiger partial charge in [0.1, 0.15) is 5.75 Å². The van der Waals surface area contributed by atoms with E-state index in [0.717, 1.165) is 16.2 Å². The van der Waals surface area contributed by atoms with Crippen molar-refractivity contribution in [3.05, 3.63) is 54.1 Å². The van der Waals surface area contributed by atoms with Crippen LogP contribution < -0.4 is 4.74 Å². The number of hydrogen-bond donors (Lipinski definition) is 3. The minimum atomic E-state index is -4.28. The number of fused-ring (bicyclic) bond motifs is 3. The highest BCUT2D eigenvalue weighted by Gasteiger charge is 2.21. The van der Waals surface area contributed by atoms with Gasteiger partial charge in [-0.15, -0.1) is 0 Å². The van der Waals surface area contributed by atoms with E-state index >= 15 is 0 Å². The molecule has 0 heterocycles. The Morgan fingerprint density at radius 2 is 1.70 bits per heavy atom. The highest BCUT2D eigenvalue weighted by atomic mass is 31.2. The van der Waals surface area contributed by atoms with E-state index in [-0.39, 0.29) is 5.75 Å². The van der Waals surface area contributed by atoms with Crippen molar-refractivity contribution in [3.8, 4) is 5.75 Å². The Labute approximate surface area is 133 Å². The smallest absolute Gasteiger partial charge is 0.330 e. The second-order valence-corrected chi connectivity index (χ2v) is 7.11. The Morgan fingerprint density at radius 1 is 1.00 bits per heavy atom. The fourth-order valence-electron chi connectivity index (χ4n) is 2.79. The molecule has 3 rings (SSSR count). The minimum Gasteiger partial charge on any atom is -0.465 e. The van der Waals surface area contributed by atoms with Crippen molar-refractivity contribution in [2.45, 2.75) is 19.4 Å². The lowest BCUT2D eigenvalue weighted by Gasteiger charge is -2.17. The molecule has 0 bridgehead atoms. The number of hydrogen-bond acceptors (Lipinski definition) is 3. The molecule has 0 aliphatic heterocycles. The predicted octanol–water partition coefficient (Wildman–Crippen LogP) is 3.39. The first-order chi connectivity index (χ1) is 10.8. The van der Waals surface area contributed by atoms with Gasteiger partial charge in [0.05, 0.1) is 6.16 Å². The van der Waals surface area contributed by atoms with Crippen LogP contribution in [0, 0.1) is 0 Å². The predicted molar refractivity (Wildman–Crippen MR) is 89.5 cm³/mol. The second kappa shape index (κ2) is 5.95. The molecule has 1 unspecified atom stereocenters. The summed E-state index contributed by atoms with van der Waals surface area (Å²) in [6, 6.07) is 15.0. The average Bonchev–Trinajstić information content (AvgIpc) is 2.47. The molecule has 6 heteroatoms. The Balaban J connectivity index is 2.31. The maximum Gasteiger partial charge on any atom is 0.330 e. The first-order valence-corrected chi connectivity index (χ1v) is 8.97. The van der Waals surface area contributed by atoms with Gasteiger partial charge in [-0.1, -0.05) is 42.5 Å². The zero-order valence-corrected chi connectivity index (χ0v) is 13.4. The molecule has 0 saturated heterocycles. The Bertz CT molecular complexity index is 913. The van der Waals surface area contributed by atoms with Crippen LogP contribution in [0.1, 0.15) is 12.5 Å². The molecule has 1 atom stereocenters. The van der Waals surface area contributed by atoms with Gasteiger partial charge in [-0.3, -0.25) is 4.57 Å². The van der Waals surface area contributed by atoms with Gasteiger partial charge in [-0.25, -0.2) is 0 Å². The largest absolute Gasteiger partial charge is 0.465 e. The lowest BCUT2D eigenvalue weighted by atomic mass is 9.98. The fourth-order valence-corrected chi connectivity index (χ4v) is 3.53. The van der Waals surface area contributed by atoms with Gasteiger partial charge in [-0.2, -0.15) is 0 Å². The third-order valence-electron chi connectivity index (χ3n) is 3.66. The Kier molecular flexibility index (Phi) is 4.13. The molecule has 3 aromatic rings. The number of aliphatic hydroxyl groups is 1. The molecule has 0 aromatic heterocycles. The summed E-state index contributed by atoms with van der Waals surface area (Å²) in [7, 11) is -4.28. The van der Waals surface area contributed by atoms with Crippen LogP contribution in [0.4, 0.5) is 0 Å². The van der Waals surface area contributed by atoms with Crippen molar-refractivity contribution in [1.82, 2.24) is 0 Å². The molecule has 0 radical (unpaired) electrons. The van der Waals surface area contributed by atoms with Crippen molar-refractivity contribution >= 4 is 29.1 Å². The van der Waals surface area contributed by atoms with E-state index in [9.17, 15) is 19.5 Å². The van der Waals surface area contributed by atoms with Crippen molar-refractivity contribution in [3.63, 3.8) is 0 Å². The van der Waals surface area contributed by atoms with Gasteiger partial charge in [0.25, 0.3) is 0 Å². The van der Waals surface area contributed by atoms with E-state index < -0.39 is 20.0 Å². The molecule has 23 heavy (non-hydrogen) atoms. The van der Waals surface area contributed by atoms with Crippen molar-refractivity contribution in [2.75, 3.05) is 0 Å². The summed E-state index contributed by atoms with van der Waals surface area (Å²) in [5.41, 5.74) is 0.405. The topological polar surface area (TPSA) is 87.0 Å². The second-order valence-electron chi connectivity index (χ2n) is 5.46. The average molecular weight is 332 g/mol. The monoisotopic (exact) mass is 332 g/mol. The van der Waals surface area contributed by atoms with Gasteiger partial charge in [0, 0.05) is 5.56 Å². The van der Waals surface area contributed by atoms with Gasteiger partial charge in [0.15, 0.2) is 6.29 Å². The first kappa shape index (κ1) is 16.0. The van der Waals surface area contributed by atoms with Crippen LogP contribution in [0.2, 0.25) is 0 Å². The van der Waals surface area contributed by atoms with Crippen LogP contribution in [0.5, 0.6) is 5.75 Å². The number of rotatable bonds is 4. The molecule has 0 amide bonds. The van der Waals surface area contributed by atoms with E-state index in [4.69, 9.17) is 4.74 Å². The van der Waals surface area contributed by atoms with E-state index in [1.165, 1.54) is 6.92 Å². The summed E-state index contributed by atoms with van der Waals surface area (Å²) >= 11 is 0. The molecule has 0 aliphatic carbocycles. The summed E-state index contributed by atoms with van der Waals surface area (Å²) in [5.74, 6) is 0.283. The fraction of sp³-hybridized carbons (Fsp3) is 0.176. The summed E-state index contributed by atoms with van der Waals surface area (Å²) in [6.07, 6.45) is -1.51. The van der Waals surface area contributed by atoms with Crippen LogP contribution >= 0.6 is 7.60 Å². The lowest BCUT2D eigenvalue weighted by molar-refractivity contribution is -0.000796. The highest BCUT2D eigenvalue weighted by Crippen LogP contribution is 2.45. The van der Waals surface area contributed by atoms with Gasteiger partial charge >= 0.3 is 7.60 Å². The standard InChI is InChI=1S/C17H17O5P/c1-11(18)22-17-9-8-14-13-5-3-2-4-12(13)6-7-15(14)16(17)10-23(19,20)21/h2-9,11,18H,10H2,1H3,(H2,19,20,21). The zero-order chi connectivity index (χ0) is 16.6. The number of aliphatic hydroxyl groups excluding tert-OH is 1. The molecule has 0 fully saturated rings. The molecular weight excluding hydrogens is 315 g/mol. The molecule has 120 valence electrons. The van der Waals surface area contributed by atoms with Crippen LogP contribution in [0.3, 0.4) is 0 Å². The first-order valence-electron chi connectivity index (χ1n) is 7.18. The van der Waals surface area contributed by atoms with E-state index in [1.807, 2.05) is 42.5 Å². The highest BCUT2D eigenvalue weighted by molar-refractivity contribution is 7.50. The molecule has 0 spiro atoms. The molecule has 3 aromatic carbocycles. The van der Waals surface area contributed by atoms with Crippen molar-refractivity contribution in [2.24, 2.45) is 0 Å². The van der Waals surface area contributed by atoms with Crippen LogP contribution in [-0.4, -0.2) is 21.2 Å². The van der Waals surface area contributed by atoms with Crippen LogP contribution in [0.25, 0.3) is 21.5 Å². The van der Waals surface area contributed by atoms with Crippen LogP contribution in [0.15, 0.2) is 48.5 Å². The summed E-state index contributed by atoms with van der Waals surface area (Å²) in [5, 5.41) is 13.1. The third-order valence-corrected chi connectivity index (χ3v) is 4.38. The van der Waals surface area contributed by atoms with E-state index in [0.29, 0.717) is 10.9 Å². The molecule has 5 nitrogen and oxygen atoms in total. The molecule has 0 aliphatic rings. The summed E-state index contributed by atoms with van der Waals surface area (Å²) < 4.78 is 16.8. The Hall–Kier alpha value is -1.91. The van der Waals surface area contributed by atoms with Gasteiger partial charge in [-0.05, 0) is 34.5 Å². The quantitative estimate of drug-likeness (QED) is 0.387. The third kappa shape index (κ3) is 3.38. The zero-order valence-electron chi connectivity index (χ0n) is 12.5. The van der Waals surface area contributed by atoms with Gasteiger partial charge < -0.3 is 19.6 Å². The SMILES string of the molecule is CC(O)Oc1ccc2c(ccc3ccccc32)c1CP(=O)(O)O. The van der Waals surface area contributed by atoms with Gasteiger partial charge in [0.2, 0.25) is 0 Å². The lowest BCUT2D eigenvalue weighted by Crippen LogP contribution is -2.11. The molecule has 3 N–H and O–H groups in total. The maximum absolute atomic E-state index is 11.5. The van der Waals surface area contributed by atoms with Crippen molar-refractivity contribution in [1.29, 1.82) is 0 Å². The Morgan fingerprint density at radius 3 is 2.39 bits per heavy atom. The summed E-state index contributed by atoms with van der Waals surface area (Å²) in [4.78, 5) is 18.8. The van der Waals surface area contributed by atoms with Crippen LogP contribution in [-0.2, 0) is 10.7 Å². The normalized spacial score (nSPS) is 13.4. The molecule has 0 saturated carbocycles. The maximum atomic E-state index is 11.5. The summed E-state index contributed by atoms with van der Waals surface area (Å²) in [6.45, 7) is 1.45. The number of ether oxygens (including phenoxy) is 1. The van der Waals surface area contributed by atoms with E-state index in [2.05, 4.69) is 0 Å². The van der Waals surface area contributed by atoms with Crippen molar-refractivity contribution < 1.29 is 24.2 Å². The molecular formula is C17H17O5P. The number of benzene rings is 3. The van der Waals surface area contributed by atoms with E-state index in [1.54, 1.807) is 6.07 Å². The minimum absolute atomic E-state index is 0.283.